The lowest BCUT2D eigenvalue weighted by Crippen LogP contribution is -2.43. The molecule has 0 aliphatic carbocycles. The van der Waals surface area contributed by atoms with Crippen molar-refractivity contribution in [2.45, 2.75) is 31.7 Å². The van der Waals surface area contributed by atoms with E-state index in [1.54, 1.807) is 0 Å². The summed E-state index contributed by atoms with van der Waals surface area (Å²) in [7, 11) is 0. The van der Waals surface area contributed by atoms with Crippen molar-refractivity contribution < 1.29 is 4.79 Å². The van der Waals surface area contributed by atoms with E-state index in [1.165, 1.54) is 19.3 Å². The van der Waals surface area contributed by atoms with Crippen molar-refractivity contribution in [2.24, 2.45) is 0 Å². The Hall–Kier alpha value is -0.570. The zero-order valence-electron chi connectivity index (χ0n) is 7.38. The Morgan fingerprint density at radius 3 is 2.58 bits per heavy atom. The Morgan fingerprint density at radius 1 is 1.25 bits per heavy atom. The van der Waals surface area contributed by atoms with Crippen LogP contribution in [0.15, 0.2) is 0 Å². The number of nitrogens with zero attached hydrogens (tertiary/aromatic N) is 1. The summed E-state index contributed by atoms with van der Waals surface area (Å²) < 4.78 is 0. The second-order valence-corrected chi connectivity index (χ2v) is 3.69. The third-order valence-electron chi connectivity index (χ3n) is 2.85. The molecule has 2 heterocycles. The van der Waals surface area contributed by atoms with Gasteiger partial charge in [-0.15, -0.1) is 0 Å². The maximum Gasteiger partial charge on any atom is 0.237 e. The van der Waals surface area contributed by atoms with Gasteiger partial charge in [-0.1, -0.05) is 6.42 Å². The fourth-order valence-corrected chi connectivity index (χ4v) is 2.16. The summed E-state index contributed by atoms with van der Waals surface area (Å²) in [4.78, 5) is 13.7. The molecule has 12 heavy (non-hydrogen) atoms. The van der Waals surface area contributed by atoms with E-state index >= 15 is 0 Å². The van der Waals surface area contributed by atoms with Crippen molar-refractivity contribution in [3.8, 4) is 0 Å². The maximum absolute atomic E-state index is 11.3. The molecular formula is C9H16N2O. The summed E-state index contributed by atoms with van der Waals surface area (Å²) >= 11 is 0. The molecule has 1 amide bonds. The summed E-state index contributed by atoms with van der Waals surface area (Å²) in [5.74, 6) is 0.247. The first-order chi connectivity index (χ1) is 5.88. The molecule has 2 rings (SSSR count). The Balaban J connectivity index is 1.93. The van der Waals surface area contributed by atoms with Gasteiger partial charge in [0.1, 0.15) is 0 Å². The third kappa shape index (κ3) is 1.46. The van der Waals surface area contributed by atoms with Crippen LogP contribution < -0.4 is 5.32 Å². The molecule has 1 N–H and O–H groups in total. The van der Waals surface area contributed by atoms with Gasteiger partial charge in [-0.25, -0.2) is 0 Å². The highest BCUT2D eigenvalue weighted by Gasteiger charge is 2.30. The van der Waals surface area contributed by atoms with Crippen molar-refractivity contribution in [3.05, 3.63) is 0 Å². The first kappa shape index (κ1) is 8.05. The SMILES string of the molecule is O=C1NCCC1N1CCCCC1. The molecular weight excluding hydrogens is 152 g/mol. The summed E-state index contributed by atoms with van der Waals surface area (Å²) in [5.41, 5.74) is 0. The normalized spacial score (nSPS) is 32.0. The van der Waals surface area contributed by atoms with E-state index in [9.17, 15) is 4.79 Å². The van der Waals surface area contributed by atoms with E-state index in [1.807, 2.05) is 0 Å². The number of hydrogen-bond donors (Lipinski definition) is 1. The molecule has 2 aliphatic heterocycles. The predicted octanol–water partition coefficient (Wildman–Crippen LogP) is 0.361. The molecule has 2 saturated heterocycles. The van der Waals surface area contributed by atoms with Gasteiger partial charge in [0, 0.05) is 6.54 Å². The van der Waals surface area contributed by atoms with Gasteiger partial charge in [0.05, 0.1) is 6.04 Å². The van der Waals surface area contributed by atoms with Gasteiger partial charge in [0.2, 0.25) is 5.91 Å². The van der Waals surface area contributed by atoms with E-state index in [0.29, 0.717) is 0 Å². The highest BCUT2D eigenvalue weighted by Crippen LogP contribution is 2.16. The molecule has 0 saturated carbocycles. The fourth-order valence-electron chi connectivity index (χ4n) is 2.16. The van der Waals surface area contributed by atoms with Gasteiger partial charge >= 0.3 is 0 Å². The summed E-state index contributed by atoms with van der Waals surface area (Å²) in [5, 5.41) is 2.89. The van der Waals surface area contributed by atoms with Crippen LogP contribution in [0.25, 0.3) is 0 Å². The van der Waals surface area contributed by atoms with Crippen LogP contribution >= 0.6 is 0 Å². The summed E-state index contributed by atoms with van der Waals surface area (Å²) in [6, 6.07) is 0.199. The number of carbonyl (C=O) groups excluding carboxylic acids is 1. The second kappa shape index (κ2) is 3.44. The van der Waals surface area contributed by atoms with Crippen molar-refractivity contribution in [1.82, 2.24) is 10.2 Å². The zero-order chi connectivity index (χ0) is 8.39. The maximum atomic E-state index is 11.3. The Bertz CT molecular complexity index is 175. The molecule has 0 aromatic carbocycles. The standard InChI is InChI=1S/C9H16N2O/c12-9-8(4-5-10-9)11-6-2-1-3-7-11/h8H,1-7H2,(H,10,12). The Kier molecular flexibility index (Phi) is 2.30. The van der Waals surface area contributed by atoms with Crippen molar-refractivity contribution in [1.29, 1.82) is 0 Å². The molecule has 3 heteroatoms. The van der Waals surface area contributed by atoms with E-state index in [2.05, 4.69) is 10.2 Å². The number of likely N-dealkylation sites (tertiary alicyclic amines) is 1. The van der Waals surface area contributed by atoms with E-state index < -0.39 is 0 Å². The van der Waals surface area contributed by atoms with Crippen molar-refractivity contribution in [3.63, 3.8) is 0 Å². The smallest absolute Gasteiger partial charge is 0.237 e. The predicted molar refractivity (Wildman–Crippen MR) is 46.8 cm³/mol. The minimum Gasteiger partial charge on any atom is -0.355 e. The molecule has 0 spiro atoms. The molecule has 2 fully saturated rings. The van der Waals surface area contributed by atoms with Gasteiger partial charge in [-0.3, -0.25) is 9.69 Å². The van der Waals surface area contributed by atoms with Crippen LogP contribution in [0.1, 0.15) is 25.7 Å². The average molecular weight is 168 g/mol. The molecule has 68 valence electrons. The van der Waals surface area contributed by atoms with Crippen LogP contribution in [0.3, 0.4) is 0 Å². The van der Waals surface area contributed by atoms with Crippen LogP contribution in [0.2, 0.25) is 0 Å². The van der Waals surface area contributed by atoms with Crippen LogP contribution in [-0.2, 0) is 4.79 Å². The van der Waals surface area contributed by atoms with Crippen molar-refractivity contribution in [2.75, 3.05) is 19.6 Å². The average Bonchev–Trinajstić information content (AvgIpc) is 2.53. The minimum absolute atomic E-state index is 0.199. The first-order valence-electron chi connectivity index (χ1n) is 4.90. The van der Waals surface area contributed by atoms with Gasteiger partial charge in [-0.05, 0) is 32.4 Å². The molecule has 3 nitrogen and oxygen atoms in total. The monoisotopic (exact) mass is 168 g/mol. The molecule has 1 unspecified atom stereocenters. The number of carbonyl (C=O) groups is 1. The quantitative estimate of drug-likeness (QED) is 0.613. The summed E-state index contributed by atoms with van der Waals surface area (Å²) in [6.07, 6.45) is 4.89. The lowest BCUT2D eigenvalue weighted by Gasteiger charge is -2.30. The van der Waals surface area contributed by atoms with Gasteiger partial charge in [-0.2, -0.15) is 0 Å². The fraction of sp³-hybridized carbons (Fsp3) is 0.889. The third-order valence-corrected chi connectivity index (χ3v) is 2.85. The molecule has 1 atom stereocenters. The number of piperidine rings is 1. The molecule has 0 aromatic heterocycles. The zero-order valence-corrected chi connectivity index (χ0v) is 7.38. The van der Waals surface area contributed by atoms with E-state index in [0.717, 1.165) is 26.1 Å². The van der Waals surface area contributed by atoms with E-state index in [4.69, 9.17) is 0 Å². The first-order valence-corrected chi connectivity index (χ1v) is 4.90. The largest absolute Gasteiger partial charge is 0.355 e. The highest BCUT2D eigenvalue weighted by molar-refractivity contribution is 5.83. The second-order valence-electron chi connectivity index (χ2n) is 3.69. The van der Waals surface area contributed by atoms with Crippen LogP contribution in [0.4, 0.5) is 0 Å². The van der Waals surface area contributed by atoms with Crippen LogP contribution in [0.5, 0.6) is 0 Å². The minimum atomic E-state index is 0.199. The lowest BCUT2D eigenvalue weighted by molar-refractivity contribution is -0.124. The van der Waals surface area contributed by atoms with Gasteiger partial charge < -0.3 is 5.32 Å². The van der Waals surface area contributed by atoms with Crippen molar-refractivity contribution >= 4 is 5.91 Å². The molecule has 0 bridgehead atoms. The summed E-state index contributed by atoms with van der Waals surface area (Å²) in [6.45, 7) is 3.12. The Labute approximate surface area is 73.1 Å². The molecule has 0 radical (unpaired) electrons. The molecule has 0 aromatic rings. The number of amides is 1. The van der Waals surface area contributed by atoms with Crippen LogP contribution in [-0.4, -0.2) is 36.5 Å². The molecule has 2 aliphatic rings. The van der Waals surface area contributed by atoms with Gasteiger partial charge in [0.15, 0.2) is 0 Å². The number of nitrogens with one attached hydrogen (secondary N) is 1. The van der Waals surface area contributed by atoms with Gasteiger partial charge in [0.25, 0.3) is 0 Å². The Morgan fingerprint density at radius 2 is 2.00 bits per heavy atom. The highest BCUT2D eigenvalue weighted by atomic mass is 16.2. The van der Waals surface area contributed by atoms with Crippen LogP contribution in [0, 0.1) is 0 Å². The number of hydrogen-bond acceptors (Lipinski definition) is 2. The topological polar surface area (TPSA) is 32.3 Å². The number of rotatable bonds is 1. The lowest BCUT2D eigenvalue weighted by atomic mass is 10.1. The van der Waals surface area contributed by atoms with E-state index in [-0.39, 0.29) is 11.9 Å².